The molecule has 0 spiro atoms. The molecular formula is C9H5BClF3N-. The van der Waals surface area contributed by atoms with Gasteiger partial charge in [-0.3, -0.25) is 4.98 Å². The van der Waals surface area contributed by atoms with Gasteiger partial charge >= 0.3 is 6.98 Å². The summed E-state index contributed by atoms with van der Waals surface area (Å²) in [5.74, 6) is 0. The Morgan fingerprint density at radius 3 is 2.53 bits per heavy atom. The normalized spacial score (nSPS) is 12.0. The fourth-order valence-corrected chi connectivity index (χ4v) is 1.48. The summed E-state index contributed by atoms with van der Waals surface area (Å²) in [5, 5.41) is 0.801. The Kier molecular flexibility index (Phi) is 2.34. The van der Waals surface area contributed by atoms with Gasteiger partial charge in [0, 0.05) is 11.2 Å². The summed E-state index contributed by atoms with van der Waals surface area (Å²) >= 11 is 5.68. The predicted octanol–water partition coefficient (Wildman–Crippen LogP) is 2.94. The number of halogens is 4. The number of aromatic nitrogens is 1. The average Bonchev–Trinajstić information content (AvgIpc) is 2.15. The standard InChI is InChI=1S/C9H5BClF3N/c11-8-1-2-9-6(4-8)3-7(5-15-9)10(12,13)14/h1-5H/q-1. The third-order valence-electron chi connectivity index (χ3n) is 2.04. The Hall–Kier alpha value is -1.23. The Labute approximate surface area is 88.9 Å². The fraction of sp³-hybridized carbons (Fsp3) is 0. The second kappa shape index (κ2) is 3.41. The summed E-state index contributed by atoms with van der Waals surface area (Å²) in [6, 6.07) is 5.71. The second-order valence-electron chi connectivity index (χ2n) is 3.18. The Balaban J connectivity index is 2.64. The third-order valence-corrected chi connectivity index (χ3v) is 2.28. The van der Waals surface area contributed by atoms with E-state index in [1.54, 1.807) is 12.1 Å². The molecular weight excluding hydrogens is 225 g/mol. The van der Waals surface area contributed by atoms with Gasteiger partial charge in [-0.15, -0.1) is 0 Å². The molecule has 0 aliphatic carbocycles. The minimum absolute atomic E-state index is 0.399. The zero-order valence-electron chi connectivity index (χ0n) is 7.42. The lowest BCUT2D eigenvalue weighted by Crippen LogP contribution is -2.34. The van der Waals surface area contributed by atoms with E-state index in [9.17, 15) is 12.9 Å². The molecule has 0 amide bonds. The van der Waals surface area contributed by atoms with Crippen molar-refractivity contribution in [1.29, 1.82) is 0 Å². The highest BCUT2D eigenvalue weighted by molar-refractivity contribution is 6.73. The van der Waals surface area contributed by atoms with Crippen molar-refractivity contribution in [2.75, 3.05) is 0 Å². The molecule has 0 aliphatic heterocycles. The minimum Gasteiger partial charge on any atom is -0.445 e. The van der Waals surface area contributed by atoms with E-state index in [2.05, 4.69) is 4.98 Å². The first-order valence-electron chi connectivity index (χ1n) is 4.22. The molecule has 15 heavy (non-hydrogen) atoms. The van der Waals surface area contributed by atoms with Crippen molar-refractivity contribution in [2.45, 2.75) is 0 Å². The molecule has 0 bridgehead atoms. The average molecular weight is 230 g/mol. The number of fused-ring (bicyclic) bond motifs is 1. The van der Waals surface area contributed by atoms with Gasteiger partial charge in [0.2, 0.25) is 0 Å². The summed E-state index contributed by atoms with van der Waals surface area (Å²) < 4.78 is 37.2. The van der Waals surface area contributed by atoms with Gasteiger partial charge in [-0.1, -0.05) is 23.1 Å². The maximum atomic E-state index is 12.4. The molecule has 78 valence electrons. The summed E-state index contributed by atoms with van der Waals surface area (Å²) in [7, 11) is 0. The molecule has 1 aromatic heterocycles. The summed E-state index contributed by atoms with van der Waals surface area (Å²) in [4.78, 5) is 3.73. The van der Waals surface area contributed by atoms with Crippen LogP contribution in [0.3, 0.4) is 0 Å². The highest BCUT2D eigenvalue weighted by Crippen LogP contribution is 2.18. The van der Waals surface area contributed by atoms with E-state index >= 15 is 0 Å². The van der Waals surface area contributed by atoms with E-state index in [4.69, 9.17) is 11.6 Å². The predicted molar refractivity (Wildman–Crippen MR) is 55.5 cm³/mol. The summed E-state index contributed by atoms with van der Waals surface area (Å²) in [6.07, 6.45) is 0.843. The highest BCUT2D eigenvalue weighted by Gasteiger charge is 2.25. The van der Waals surface area contributed by atoms with Crippen LogP contribution in [0.5, 0.6) is 0 Å². The van der Waals surface area contributed by atoms with Crippen molar-refractivity contribution in [2.24, 2.45) is 0 Å². The fourth-order valence-electron chi connectivity index (χ4n) is 1.30. The SMILES string of the molecule is F[B-](F)(F)c1cnc2ccc(Cl)cc2c1. The summed E-state index contributed by atoms with van der Waals surface area (Å²) in [5.41, 5.74) is -0.201. The van der Waals surface area contributed by atoms with Crippen LogP contribution >= 0.6 is 11.6 Å². The van der Waals surface area contributed by atoms with E-state index in [0.717, 1.165) is 12.3 Å². The van der Waals surface area contributed by atoms with Gasteiger partial charge in [0.15, 0.2) is 0 Å². The quantitative estimate of drug-likeness (QED) is 0.686. The van der Waals surface area contributed by atoms with Gasteiger partial charge in [-0.25, -0.2) is 0 Å². The zero-order valence-corrected chi connectivity index (χ0v) is 8.18. The molecule has 0 saturated heterocycles. The Morgan fingerprint density at radius 2 is 1.87 bits per heavy atom. The summed E-state index contributed by atoms with van der Waals surface area (Å²) in [6.45, 7) is -5.00. The van der Waals surface area contributed by atoms with Crippen LogP contribution in [0.1, 0.15) is 0 Å². The van der Waals surface area contributed by atoms with Crippen molar-refractivity contribution in [3.63, 3.8) is 0 Å². The number of benzene rings is 1. The first-order valence-corrected chi connectivity index (χ1v) is 4.60. The van der Waals surface area contributed by atoms with Crippen LogP contribution in [0, 0.1) is 0 Å². The highest BCUT2D eigenvalue weighted by atomic mass is 35.5. The van der Waals surface area contributed by atoms with Gasteiger partial charge < -0.3 is 12.9 Å². The Morgan fingerprint density at radius 1 is 1.13 bits per heavy atom. The van der Waals surface area contributed by atoms with Gasteiger partial charge in [0.05, 0.1) is 5.52 Å². The monoisotopic (exact) mass is 230 g/mol. The second-order valence-corrected chi connectivity index (χ2v) is 3.62. The molecule has 0 aliphatic rings. The number of hydrogen-bond acceptors (Lipinski definition) is 1. The van der Waals surface area contributed by atoms with Crippen LogP contribution in [-0.4, -0.2) is 12.0 Å². The van der Waals surface area contributed by atoms with Crippen LogP contribution in [0.25, 0.3) is 10.9 Å². The number of rotatable bonds is 1. The van der Waals surface area contributed by atoms with Crippen molar-refractivity contribution >= 4 is 34.9 Å². The van der Waals surface area contributed by atoms with E-state index < -0.39 is 12.4 Å². The molecule has 6 heteroatoms. The molecule has 2 rings (SSSR count). The molecule has 0 fully saturated rings. The molecule has 2 aromatic rings. The molecule has 1 heterocycles. The maximum Gasteiger partial charge on any atom is 0.511 e. The molecule has 1 aromatic carbocycles. The van der Waals surface area contributed by atoms with Crippen molar-refractivity contribution in [3.8, 4) is 0 Å². The zero-order chi connectivity index (χ0) is 11.1. The van der Waals surface area contributed by atoms with Crippen molar-refractivity contribution in [3.05, 3.63) is 35.5 Å². The van der Waals surface area contributed by atoms with E-state index in [-0.39, 0.29) is 0 Å². The molecule has 0 radical (unpaired) electrons. The van der Waals surface area contributed by atoms with Crippen LogP contribution in [0.15, 0.2) is 30.5 Å². The van der Waals surface area contributed by atoms with E-state index in [1.165, 1.54) is 6.07 Å². The molecule has 1 nitrogen and oxygen atoms in total. The molecule has 0 atom stereocenters. The van der Waals surface area contributed by atoms with Crippen molar-refractivity contribution < 1.29 is 12.9 Å². The molecule has 0 saturated carbocycles. The van der Waals surface area contributed by atoms with Crippen LogP contribution in [0.2, 0.25) is 5.02 Å². The molecule has 0 N–H and O–H groups in total. The van der Waals surface area contributed by atoms with E-state index in [0.29, 0.717) is 15.9 Å². The van der Waals surface area contributed by atoms with E-state index in [1.807, 2.05) is 0 Å². The maximum absolute atomic E-state index is 12.4. The van der Waals surface area contributed by atoms with Crippen molar-refractivity contribution in [1.82, 2.24) is 4.98 Å². The number of pyridine rings is 1. The van der Waals surface area contributed by atoms with Crippen LogP contribution < -0.4 is 5.46 Å². The number of nitrogens with zero attached hydrogens (tertiary/aromatic N) is 1. The third kappa shape index (κ3) is 2.07. The smallest absolute Gasteiger partial charge is 0.445 e. The Bertz CT molecular complexity index is 512. The van der Waals surface area contributed by atoms with Gasteiger partial charge in [0.1, 0.15) is 0 Å². The van der Waals surface area contributed by atoms with Gasteiger partial charge in [-0.05, 0) is 23.6 Å². The lowest BCUT2D eigenvalue weighted by molar-refractivity contribution is 0.501. The minimum atomic E-state index is -5.00. The lowest BCUT2D eigenvalue weighted by Gasteiger charge is -2.14. The first kappa shape index (κ1) is 10.3. The van der Waals surface area contributed by atoms with Gasteiger partial charge in [-0.2, -0.15) is 0 Å². The lowest BCUT2D eigenvalue weighted by atomic mass is 9.81. The van der Waals surface area contributed by atoms with Crippen LogP contribution in [0.4, 0.5) is 12.9 Å². The topological polar surface area (TPSA) is 12.9 Å². The molecule has 0 unspecified atom stereocenters. The van der Waals surface area contributed by atoms with Gasteiger partial charge in [0.25, 0.3) is 0 Å². The number of hydrogen-bond donors (Lipinski definition) is 0. The first-order chi connectivity index (χ1) is 6.97. The van der Waals surface area contributed by atoms with Crippen LogP contribution in [-0.2, 0) is 0 Å². The largest absolute Gasteiger partial charge is 0.511 e.